The summed E-state index contributed by atoms with van der Waals surface area (Å²) in [6, 6.07) is 0.789. The lowest BCUT2D eigenvalue weighted by Crippen LogP contribution is -2.52. The highest BCUT2D eigenvalue weighted by Crippen LogP contribution is 2.35. The number of carbonyl (C=O) groups is 1. The largest absolute Gasteiger partial charge is 0.441 e. The third-order valence-corrected chi connectivity index (χ3v) is 4.01. The standard InChI is InChI=1S/C12H22N2O2/c1-4-10-12(16-11(15)13-10)5-7-14(8-6-12)9(2)3/h9-10H,4-8H2,1-3H3,(H,13,15). The van der Waals surface area contributed by atoms with Crippen molar-refractivity contribution in [2.24, 2.45) is 0 Å². The van der Waals surface area contributed by atoms with Gasteiger partial charge in [0.25, 0.3) is 0 Å². The van der Waals surface area contributed by atoms with Crippen molar-refractivity contribution in [3.8, 4) is 0 Å². The van der Waals surface area contributed by atoms with Crippen LogP contribution in [0.4, 0.5) is 4.79 Å². The van der Waals surface area contributed by atoms with E-state index in [1.54, 1.807) is 0 Å². The lowest BCUT2D eigenvalue weighted by molar-refractivity contribution is -0.0252. The van der Waals surface area contributed by atoms with E-state index in [-0.39, 0.29) is 17.7 Å². The molecule has 92 valence electrons. The topological polar surface area (TPSA) is 41.6 Å². The molecule has 2 aliphatic rings. The third kappa shape index (κ3) is 1.90. The highest BCUT2D eigenvalue weighted by atomic mass is 16.6. The van der Waals surface area contributed by atoms with E-state index in [1.165, 1.54) is 0 Å². The van der Waals surface area contributed by atoms with Crippen LogP contribution >= 0.6 is 0 Å². The lowest BCUT2D eigenvalue weighted by Gasteiger charge is -2.41. The van der Waals surface area contributed by atoms with Crippen LogP contribution < -0.4 is 5.32 Å². The molecule has 1 atom stereocenters. The summed E-state index contributed by atoms with van der Waals surface area (Å²) in [4.78, 5) is 13.8. The Bertz CT molecular complexity index is 270. The number of hydrogen-bond donors (Lipinski definition) is 1. The summed E-state index contributed by atoms with van der Waals surface area (Å²) in [5, 5.41) is 2.93. The first-order valence-corrected chi connectivity index (χ1v) is 6.31. The van der Waals surface area contributed by atoms with E-state index in [0.29, 0.717) is 6.04 Å². The number of amides is 1. The van der Waals surface area contributed by atoms with Crippen LogP contribution in [0.15, 0.2) is 0 Å². The summed E-state index contributed by atoms with van der Waals surface area (Å²) in [5.74, 6) is 0. The quantitative estimate of drug-likeness (QED) is 0.780. The Labute approximate surface area is 97.3 Å². The number of nitrogens with one attached hydrogen (secondary N) is 1. The van der Waals surface area contributed by atoms with E-state index in [9.17, 15) is 4.79 Å². The van der Waals surface area contributed by atoms with Gasteiger partial charge in [0.1, 0.15) is 5.60 Å². The number of rotatable bonds is 2. The summed E-state index contributed by atoms with van der Waals surface area (Å²) >= 11 is 0. The minimum absolute atomic E-state index is 0.203. The van der Waals surface area contributed by atoms with Gasteiger partial charge in [-0.05, 0) is 20.3 Å². The van der Waals surface area contributed by atoms with Crippen molar-refractivity contribution < 1.29 is 9.53 Å². The van der Waals surface area contributed by atoms with Gasteiger partial charge in [0, 0.05) is 32.0 Å². The molecule has 0 aliphatic carbocycles. The minimum atomic E-state index is -0.232. The molecule has 1 N–H and O–H groups in total. The number of piperidine rings is 1. The molecule has 2 rings (SSSR count). The lowest BCUT2D eigenvalue weighted by atomic mass is 9.83. The summed E-state index contributed by atoms with van der Waals surface area (Å²) in [6.45, 7) is 8.60. The van der Waals surface area contributed by atoms with Crippen molar-refractivity contribution >= 4 is 6.09 Å². The molecule has 0 aromatic carbocycles. The molecule has 16 heavy (non-hydrogen) atoms. The van der Waals surface area contributed by atoms with Crippen LogP contribution in [0.1, 0.15) is 40.0 Å². The predicted octanol–water partition coefficient (Wildman–Crippen LogP) is 1.75. The van der Waals surface area contributed by atoms with Crippen LogP contribution in [0, 0.1) is 0 Å². The minimum Gasteiger partial charge on any atom is -0.441 e. The Hall–Kier alpha value is -0.770. The third-order valence-electron chi connectivity index (χ3n) is 4.01. The van der Waals surface area contributed by atoms with Crippen LogP contribution in [0.3, 0.4) is 0 Å². The molecule has 0 aromatic heterocycles. The molecule has 0 bridgehead atoms. The molecule has 2 saturated heterocycles. The fraction of sp³-hybridized carbons (Fsp3) is 0.917. The van der Waals surface area contributed by atoms with Gasteiger partial charge in [-0.3, -0.25) is 0 Å². The molecule has 2 heterocycles. The maximum absolute atomic E-state index is 11.4. The average Bonchev–Trinajstić information content (AvgIpc) is 2.55. The van der Waals surface area contributed by atoms with Gasteiger partial charge in [0.05, 0.1) is 6.04 Å². The average molecular weight is 226 g/mol. The summed E-state index contributed by atoms with van der Waals surface area (Å²) < 4.78 is 5.54. The Morgan fingerprint density at radius 2 is 2.12 bits per heavy atom. The summed E-state index contributed by atoms with van der Waals surface area (Å²) in [7, 11) is 0. The van der Waals surface area contributed by atoms with Crippen LogP contribution in [0.5, 0.6) is 0 Å². The van der Waals surface area contributed by atoms with Crippen LogP contribution in [-0.2, 0) is 4.74 Å². The zero-order valence-corrected chi connectivity index (χ0v) is 10.5. The Morgan fingerprint density at radius 1 is 1.50 bits per heavy atom. The number of carbonyl (C=O) groups excluding carboxylic acids is 1. The van der Waals surface area contributed by atoms with Crippen LogP contribution in [0.25, 0.3) is 0 Å². The molecule has 1 unspecified atom stereocenters. The number of hydrogen-bond acceptors (Lipinski definition) is 3. The highest BCUT2D eigenvalue weighted by Gasteiger charge is 2.49. The molecular formula is C12H22N2O2. The first-order valence-electron chi connectivity index (χ1n) is 6.31. The molecule has 0 radical (unpaired) electrons. The number of ether oxygens (including phenoxy) is 1. The van der Waals surface area contributed by atoms with Crippen molar-refractivity contribution in [1.82, 2.24) is 10.2 Å². The first-order chi connectivity index (χ1) is 7.57. The van der Waals surface area contributed by atoms with Crippen molar-refractivity contribution in [3.05, 3.63) is 0 Å². The van der Waals surface area contributed by atoms with Gasteiger partial charge < -0.3 is 15.0 Å². The van der Waals surface area contributed by atoms with Gasteiger partial charge in [0.2, 0.25) is 0 Å². The van der Waals surface area contributed by atoms with E-state index in [4.69, 9.17) is 4.74 Å². The van der Waals surface area contributed by atoms with E-state index in [1.807, 2.05) is 0 Å². The second kappa shape index (κ2) is 4.24. The molecule has 2 aliphatic heterocycles. The molecule has 0 saturated carbocycles. The van der Waals surface area contributed by atoms with E-state index in [0.717, 1.165) is 32.4 Å². The Kier molecular flexibility index (Phi) is 3.10. The van der Waals surface area contributed by atoms with Gasteiger partial charge in [-0.15, -0.1) is 0 Å². The fourth-order valence-corrected chi connectivity index (χ4v) is 2.90. The van der Waals surface area contributed by atoms with Gasteiger partial charge in [0.15, 0.2) is 0 Å². The van der Waals surface area contributed by atoms with Crippen molar-refractivity contribution in [2.75, 3.05) is 13.1 Å². The second-order valence-electron chi connectivity index (χ2n) is 5.19. The smallest absolute Gasteiger partial charge is 0.408 e. The van der Waals surface area contributed by atoms with Crippen molar-refractivity contribution in [2.45, 2.75) is 57.7 Å². The van der Waals surface area contributed by atoms with Crippen LogP contribution in [0.2, 0.25) is 0 Å². The number of likely N-dealkylation sites (tertiary alicyclic amines) is 1. The predicted molar refractivity (Wildman–Crippen MR) is 62.4 cm³/mol. The van der Waals surface area contributed by atoms with Crippen molar-refractivity contribution in [1.29, 1.82) is 0 Å². The molecule has 0 aromatic rings. The van der Waals surface area contributed by atoms with E-state index >= 15 is 0 Å². The normalized spacial score (nSPS) is 29.5. The zero-order chi connectivity index (χ0) is 11.8. The van der Waals surface area contributed by atoms with Gasteiger partial charge >= 0.3 is 6.09 Å². The SMILES string of the molecule is CCC1NC(=O)OC12CCN(C(C)C)CC2. The molecule has 1 spiro atoms. The fourth-order valence-electron chi connectivity index (χ4n) is 2.90. The molecular weight excluding hydrogens is 204 g/mol. The number of alkyl carbamates (subject to hydrolysis) is 1. The zero-order valence-electron chi connectivity index (χ0n) is 10.5. The van der Waals surface area contributed by atoms with Crippen LogP contribution in [-0.4, -0.2) is 41.8 Å². The molecule has 1 amide bonds. The monoisotopic (exact) mass is 226 g/mol. The number of nitrogens with zero attached hydrogens (tertiary/aromatic N) is 1. The van der Waals surface area contributed by atoms with E-state index < -0.39 is 0 Å². The summed E-state index contributed by atoms with van der Waals surface area (Å²) in [5.41, 5.74) is -0.225. The Morgan fingerprint density at radius 3 is 2.62 bits per heavy atom. The van der Waals surface area contributed by atoms with Gasteiger partial charge in [-0.25, -0.2) is 4.79 Å². The van der Waals surface area contributed by atoms with Gasteiger partial charge in [-0.2, -0.15) is 0 Å². The second-order valence-corrected chi connectivity index (χ2v) is 5.19. The molecule has 4 nitrogen and oxygen atoms in total. The molecule has 4 heteroatoms. The van der Waals surface area contributed by atoms with E-state index in [2.05, 4.69) is 31.0 Å². The van der Waals surface area contributed by atoms with Crippen molar-refractivity contribution in [3.63, 3.8) is 0 Å². The Balaban J connectivity index is 2.03. The maximum Gasteiger partial charge on any atom is 0.408 e. The highest BCUT2D eigenvalue weighted by molar-refractivity contribution is 5.71. The first kappa shape index (κ1) is 11.7. The van der Waals surface area contributed by atoms with Gasteiger partial charge in [-0.1, -0.05) is 6.92 Å². The molecule has 2 fully saturated rings. The summed E-state index contributed by atoms with van der Waals surface area (Å²) in [6.07, 6.45) is 2.64. The maximum atomic E-state index is 11.4.